The van der Waals surface area contributed by atoms with Gasteiger partial charge in [-0.15, -0.1) is 0 Å². The van der Waals surface area contributed by atoms with Crippen molar-refractivity contribution in [2.24, 2.45) is 0 Å². The molecule has 0 saturated carbocycles. The second-order valence-corrected chi connectivity index (χ2v) is 8.11. The molecule has 6 nitrogen and oxygen atoms in total. The summed E-state index contributed by atoms with van der Waals surface area (Å²) in [5.41, 5.74) is 5.90. The quantitative estimate of drug-likeness (QED) is 0.411. The Kier molecular flexibility index (Phi) is 7.05. The van der Waals surface area contributed by atoms with Crippen molar-refractivity contribution in [2.75, 3.05) is 5.32 Å². The molecular formula is C27H28N4O2. The van der Waals surface area contributed by atoms with Crippen LogP contribution in [-0.2, 0) is 11.4 Å². The number of nitrogens with one attached hydrogen (secondary N) is 3. The number of rotatable bonds is 7. The Morgan fingerprint density at radius 2 is 1.94 bits per heavy atom. The molecule has 3 N–H and O–H groups in total. The van der Waals surface area contributed by atoms with Gasteiger partial charge in [0.25, 0.3) is 0 Å². The number of ether oxygens (including phenoxy) is 1. The fourth-order valence-corrected chi connectivity index (χ4v) is 3.51. The van der Waals surface area contributed by atoms with Gasteiger partial charge in [-0.25, -0.2) is 0 Å². The first-order chi connectivity index (χ1) is 16.0. The van der Waals surface area contributed by atoms with E-state index >= 15 is 0 Å². The third-order valence-electron chi connectivity index (χ3n) is 5.30. The van der Waals surface area contributed by atoms with Crippen LogP contribution in [0.15, 0.2) is 96.4 Å². The van der Waals surface area contributed by atoms with E-state index in [2.05, 4.69) is 27.4 Å². The highest BCUT2D eigenvalue weighted by molar-refractivity contribution is 5.78. The van der Waals surface area contributed by atoms with Crippen molar-refractivity contribution in [3.8, 4) is 17.0 Å². The molecule has 0 bridgehead atoms. The zero-order chi connectivity index (χ0) is 23.0. The number of carbonyl (C=O) groups is 1. The molecule has 2 aromatic carbocycles. The largest absolute Gasteiger partial charge is 0.489 e. The number of anilines is 1. The topological polar surface area (TPSA) is 79.0 Å². The predicted molar refractivity (Wildman–Crippen MR) is 131 cm³/mol. The molecule has 168 valence electrons. The number of hydrogen-bond acceptors (Lipinski definition) is 4. The van der Waals surface area contributed by atoms with Crippen molar-refractivity contribution < 1.29 is 9.53 Å². The Bertz CT molecular complexity index is 1150. The molecule has 1 amide bonds. The molecule has 0 unspecified atom stereocenters. The van der Waals surface area contributed by atoms with E-state index in [1.54, 1.807) is 0 Å². The minimum Gasteiger partial charge on any atom is -0.489 e. The summed E-state index contributed by atoms with van der Waals surface area (Å²) >= 11 is 0. The standard InChI is InChI=1S/C27H28N4O2/c1-19-8-15-27(32)29-23(16-19)12-9-20(2)28-26-17-25(30-31-26)22-10-13-24(14-11-22)33-18-21-6-4-3-5-7-21/h3-7,9-14,17H,1,8,15-16,18H2,2H3,(H,29,32)(H2,28,30,31)/b20-9+,23-12+. The van der Waals surface area contributed by atoms with Gasteiger partial charge < -0.3 is 15.4 Å². The number of nitrogens with zero attached hydrogens (tertiary/aromatic N) is 1. The number of aromatic nitrogens is 2. The predicted octanol–water partition coefficient (Wildman–Crippen LogP) is 5.71. The molecule has 0 spiro atoms. The number of allylic oxidation sites excluding steroid dienone is 4. The van der Waals surface area contributed by atoms with Gasteiger partial charge in [-0.1, -0.05) is 42.5 Å². The average molecular weight is 441 g/mol. The van der Waals surface area contributed by atoms with Gasteiger partial charge >= 0.3 is 0 Å². The maximum atomic E-state index is 11.8. The van der Waals surface area contributed by atoms with Crippen LogP contribution in [0.4, 0.5) is 5.82 Å². The van der Waals surface area contributed by atoms with Crippen LogP contribution in [0, 0.1) is 0 Å². The third kappa shape index (κ3) is 6.46. The van der Waals surface area contributed by atoms with E-state index in [-0.39, 0.29) is 5.91 Å². The maximum absolute atomic E-state index is 11.8. The number of carbonyl (C=O) groups excluding carboxylic acids is 1. The zero-order valence-electron chi connectivity index (χ0n) is 18.7. The van der Waals surface area contributed by atoms with E-state index in [4.69, 9.17) is 4.74 Å². The number of aromatic amines is 1. The van der Waals surface area contributed by atoms with Gasteiger partial charge in [0.15, 0.2) is 5.82 Å². The van der Waals surface area contributed by atoms with Gasteiger partial charge in [-0.3, -0.25) is 9.89 Å². The SMILES string of the molecule is C=C1CCC(=O)N/C(=C/C=C(\C)Nc2cc(-c3ccc(OCc4ccccc4)cc3)[nH]n2)C1. The first-order valence-corrected chi connectivity index (χ1v) is 11.0. The minimum atomic E-state index is 0.0346. The lowest BCUT2D eigenvalue weighted by molar-refractivity contribution is -0.120. The van der Waals surface area contributed by atoms with Crippen molar-refractivity contribution in [1.82, 2.24) is 15.5 Å². The molecule has 6 heteroatoms. The van der Waals surface area contributed by atoms with Crippen LogP contribution in [0.5, 0.6) is 5.75 Å². The van der Waals surface area contributed by atoms with Gasteiger partial charge in [0.2, 0.25) is 5.91 Å². The lowest BCUT2D eigenvalue weighted by Gasteiger charge is -2.07. The van der Waals surface area contributed by atoms with Gasteiger partial charge in [0, 0.05) is 30.3 Å². The van der Waals surface area contributed by atoms with Crippen molar-refractivity contribution in [3.05, 3.63) is 102 Å². The highest BCUT2D eigenvalue weighted by atomic mass is 16.5. The summed E-state index contributed by atoms with van der Waals surface area (Å²) in [5, 5.41) is 13.6. The van der Waals surface area contributed by atoms with Crippen LogP contribution in [-0.4, -0.2) is 16.1 Å². The second-order valence-electron chi connectivity index (χ2n) is 8.11. The van der Waals surface area contributed by atoms with E-state index in [9.17, 15) is 4.79 Å². The van der Waals surface area contributed by atoms with E-state index < -0.39 is 0 Å². The summed E-state index contributed by atoms with van der Waals surface area (Å²) in [6.45, 7) is 6.52. The monoisotopic (exact) mass is 440 g/mol. The van der Waals surface area contributed by atoms with E-state index in [0.717, 1.165) is 51.8 Å². The Hall–Kier alpha value is -4.06. The normalized spacial score (nSPS) is 15.8. The summed E-state index contributed by atoms with van der Waals surface area (Å²) in [6, 6.07) is 20.0. The fourth-order valence-electron chi connectivity index (χ4n) is 3.51. The number of amides is 1. The Labute approximate surface area is 194 Å². The van der Waals surface area contributed by atoms with Crippen molar-refractivity contribution in [3.63, 3.8) is 0 Å². The fraction of sp³-hybridized carbons (Fsp3) is 0.185. The lowest BCUT2D eigenvalue weighted by Crippen LogP contribution is -2.19. The molecule has 0 aliphatic carbocycles. The van der Waals surface area contributed by atoms with E-state index in [0.29, 0.717) is 19.4 Å². The minimum absolute atomic E-state index is 0.0346. The molecule has 33 heavy (non-hydrogen) atoms. The Morgan fingerprint density at radius 1 is 1.15 bits per heavy atom. The summed E-state index contributed by atoms with van der Waals surface area (Å²) in [6.07, 6.45) is 5.76. The highest BCUT2D eigenvalue weighted by Gasteiger charge is 2.12. The maximum Gasteiger partial charge on any atom is 0.224 e. The van der Waals surface area contributed by atoms with Crippen molar-refractivity contribution in [2.45, 2.75) is 32.8 Å². The Morgan fingerprint density at radius 3 is 2.73 bits per heavy atom. The van der Waals surface area contributed by atoms with E-state index in [1.807, 2.05) is 79.7 Å². The molecule has 0 atom stereocenters. The van der Waals surface area contributed by atoms with E-state index in [1.165, 1.54) is 0 Å². The molecule has 1 aliphatic rings. The number of H-pyrrole nitrogens is 1. The van der Waals surface area contributed by atoms with Crippen LogP contribution in [0.25, 0.3) is 11.3 Å². The van der Waals surface area contributed by atoms with Gasteiger partial charge in [0.1, 0.15) is 12.4 Å². The Balaban J connectivity index is 1.35. The molecule has 3 aromatic rings. The number of benzene rings is 2. The first-order valence-electron chi connectivity index (χ1n) is 11.0. The molecule has 1 saturated heterocycles. The molecule has 1 aromatic heterocycles. The summed E-state index contributed by atoms with van der Waals surface area (Å²) in [4.78, 5) is 11.8. The van der Waals surface area contributed by atoms with Gasteiger partial charge in [0.05, 0.1) is 5.69 Å². The summed E-state index contributed by atoms with van der Waals surface area (Å²) in [5.74, 6) is 1.57. The molecule has 0 radical (unpaired) electrons. The van der Waals surface area contributed by atoms with Crippen molar-refractivity contribution in [1.29, 1.82) is 0 Å². The molecule has 1 fully saturated rings. The molecule has 1 aliphatic heterocycles. The van der Waals surface area contributed by atoms with Crippen LogP contribution in [0.1, 0.15) is 31.7 Å². The summed E-state index contributed by atoms with van der Waals surface area (Å²) < 4.78 is 5.86. The van der Waals surface area contributed by atoms with Gasteiger partial charge in [-0.05, 0) is 60.9 Å². The lowest BCUT2D eigenvalue weighted by atomic mass is 10.1. The number of hydrogen-bond donors (Lipinski definition) is 3. The average Bonchev–Trinajstić information content (AvgIpc) is 3.22. The van der Waals surface area contributed by atoms with Crippen LogP contribution in [0.3, 0.4) is 0 Å². The smallest absolute Gasteiger partial charge is 0.224 e. The first kappa shape index (κ1) is 22.1. The second kappa shape index (κ2) is 10.5. The molecule has 4 rings (SSSR count). The van der Waals surface area contributed by atoms with Crippen LogP contribution in [0.2, 0.25) is 0 Å². The van der Waals surface area contributed by atoms with Crippen LogP contribution >= 0.6 is 0 Å². The molecular weight excluding hydrogens is 412 g/mol. The highest BCUT2D eigenvalue weighted by Crippen LogP contribution is 2.24. The summed E-state index contributed by atoms with van der Waals surface area (Å²) in [7, 11) is 0. The zero-order valence-corrected chi connectivity index (χ0v) is 18.7. The van der Waals surface area contributed by atoms with Crippen LogP contribution < -0.4 is 15.4 Å². The van der Waals surface area contributed by atoms with Gasteiger partial charge in [-0.2, -0.15) is 5.10 Å². The molecule has 2 heterocycles. The van der Waals surface area contributed by atoms with Crippen molar-refractivity contribution >= 4 is 11.7 Å². The third-order valence-corrected chi connectivity index (χ3v) is 5.30.